The van der Waals surface area contributed by atoms with Crippen molar-refractivity contribution in [3.8, 4) is 0 Å². The molecule has 1 saturated heterocycles. The summed E-state index contributed by atoms with van der Waals surface area (Å²) in [5.74, 6) is -0.110. The van der Waals surface area contributed by atoms with E-state index in [2.05, 4.69) is 27.7 Å². The fourth-order valence-electron chi connectivity index (χ4n) is 4.09. The number of hydrogen-bond donors (Lipinski definition) is 1. The molecule has 1 atom stereocenters. The van der Waals surface area contributed by atoms with Crippen molar-refractivity contribution in [3.63, 3.8) is 0 Å². The van der Waals surface area contributed by atoms with E-state index in [4.69, 9.17) is 0 Å². The number of anilines is 1. The normalized spacial score (nSPS) is 18.2. The lowest BCUT2D eigenvalue weighted by Crippen LogP contribution is -2.36. The van der Waals surface area contributed by atoms with Gasteiger partial charge in [-0.2, -0.15) is 0 Å². The molecule has 0 bridgehead atoms. The Morgan fingerprint density at radius 1 is 1.21 bits per heavy atom. The van der Waals surface area contributed by atoms with Crippen LogP contribution in [0.1, 0.15) is 39.7 Å². The van der Waals surface area contributed by atoms with Gasteiger partial charge in [-0.25, -0.2) is 8.42 Å². The third-order valence-electron chi connectivity index (χ3n) is 5.50. The average Bonchev–Trinajstić information content (AvgIpc) is 3.41. The van der Waals surface area contributed by atoms with Crippen molar-refractivity contribution in [1.82, 2.24) is 10.2 Å². The van der Waals surface area contributed by atoms with Gasteiger partial charge >= 0.3 is 0 Å². The van der Waals surface area contributed by atoms with Crippen LogP contribution in [-0.2, 0) is 16.4 Å². The van der Waals surface area contributed by atoms with Gasteiger partial charge in [-0.15, -0.1) is 11.3 Å². The average molecular weight is 420 g/mol. The van der Waals surface area contributed by atoms with Crippen molar-refractivity contribution in [2.45, 2.75) is 25.3 Å². The van der Waals surface area contributed by atoms with E-state index in [0.717, 1.165) is 18.7 Å². The number of fused-ring (bicyclic) bond motifs is 1. The first kappa shape index (κ1) is 19.4. The molecule has 1 aromatic heterocycles. The van der Waals surface area contributed by atoms with Crippen LogP contribution in [-0.4, -0.2) is 51.7 Å². The molecule has 3 heterocycles. The molecule has 0 spiro atoms. The van der Waals surface area contributed by atoms with Gasteiger partial charge in [0.25, 0.3) is 5.91 Å². The van der Waals surface area contributed by atoms with Gasteiger partial charge in [0.2, 0.25) is 10.0 Å². The third kappa shape index (κ3) is 3.94. The zero-order chi connectivity index (χ0) is 19.7. The Morgan fingerprint density at radius 3 is 2.68 bits per heavy atom. The van der Waals surface area contributed by atoms with Gasteiger partial charge < -0.3 is 5.32 Å². The SMILES string of the molecule is CS(=O)(=O)N1CCc2cc(C(=O)NCC(c3cccs3)N3CCCC3)ccc21. The maximum atomic E-state index is 12.8. The third-order valence-corrected chi connectivity index (χ3v) is 7.66. The van der Waals surface area contributed by atoms with Gasteiger partial charge in [0, 0.05) is 23.5 Å². The molecule has 6 nitrogen and oxygen atoms in total. The Hall–Kier alpha value is -1.90. The lowest BCUT2D eigenvalue weighted by Gasteiger charge is -2.27. The van der Waals surface area contributed by atoms with Crippen molar-refractivity contribution in [2.75, 3.05) is 36.7 Å². The molecule has 150 valence electrons. The number of carbonyl (C=O) groups is 1. The second-order valence-electron chi connectivity index (χ2n) is 7.41. The number of thiophene rings is 1. The smallest absolute Gasteiger partial charge is 0.251 e. The lowest BCUT2D eigenvalue weighted by molar-refractivity contribution is 0.0938. The van der Waals surface area contributed by atoms with Crippen LogP contribution in [0.15, 0.2) is 35.7 Å². The standard InChI is InChI=1S/C20H25N3O3S2/c1-28(25,26)23-11-8-15-13-16(6-7-17(15)23)20(24)21-14-18(19-5-4-12-27-19)22-9-2-3-10-22/h4-7,12-13,18H,2-3,8-11,14H2,1H3,(H,21,24). The Morgan fingerprint density at radius 2 is 2.00 bits per heavy atom. The van der Waals surface area contributed by atoms with Crippen molar-refractivity contribution in [1.29, 1.82) is 0 Å². The van der Waals surface area contributed by atoms with Gasteiger partial charge in [0.15, 0.2) is 0 Å². The van der Waals surface area contributed by atoms with Crippen LogP contribution < -0.4 is 9.62 Å². The first-order chi connectivity index (χ1) is 13.4. The summed E-state index contributed by atoms with van der Waals surface area (Å²) in [5, 5.41) is 5.17. The van der Waals surface area contributed by atoms with E-state index in [1.165, 1.54) is 28.3 Å². The minimum absolute atomic E-state index is 0.110. The summed E-state index contributed by atoms with van der Waals surface area (Å²) in [4.78, 5) is 16.5. The first-order valence-electron chi connectivity index (χ1n) is 9.60. The van der Waals surface area contributed by atoms with E-state index >= 15 is 0 Å². The fraction of sp³-hybridized carbons (Fsp3) is 0.450. The Kier molecular flexibility index (Phi) is 5.44. The molecule has 2 aliphatic heterocycles. The zero-order valence-corrected chi connectivity index (χ0v) is 17.6. The van der Waals surface area contributed by atoms with Crippen LogP contribution in [0.3, 0.4) is 0 Å². The molecular formula is C20H25N3O3S2. The molecule has 8 heteroatoms. The van der Waals surface area contributed by atoms with Crippen LogP contribution in [0.25, 0.3) is 0 Å². The summed E-state index contributed by atoms with van der Waals surface area (Å²) in [5.41, 5.74) is 2.18. The second-order valence-corrected chi connectivity index (χ2v) is 10.3. The van der Waals surface area contributed by atoms with E-state index in [0.29, 0.717) is 30.8 Å². The van der Waals surface area contributed by atoms with Crippen LogP contribution in [0.4, 0.5) is 5.69 Å². The predicted molar refractivity (Wildman–Crippen MR) is 113 cm³/mol. The number of likely N-dealkylation sites (tertiary alicyclic amines) is 1. The van der Waals surface area contributed by atoms with E-state index in [-0.39, 0.29) is 11.9 Å². The maximum absolute atomic E-state index is 12.8. The van der Waals surface area contributed by atoms with Crippen molar-refractivity contribution < 1.29 is 13.2 Å². The number of nitrogens with zero attached hydrogens (tertiary/aromatic N) is 2. The summed E-state index contributed by atoms with van der Waals surface area (Å²) in [7, 11) is -3.28. The Labute approximate surface area is 170 Å². The summed E-state index contributed by atoms with van der Waals surface area (Å²) < 4.78 is 25.2. The Bertz CT molecular complexity index is 951. The molecule has 0 aliphatic carbocycles. The summed E-state index contributed by atoms with van der Waals surface area (Å²) in [6.45, 7) is 3.15. The number of rotatable bonds is 6. The highest BCUT2D eigenvalue weighted by Crippen LogP contribution is 2.31. The summed E-state index contributed by atoms with van der Waals surface area (Å²) >= 11 is 1.73. The lowest BCUT2D eigenvalue weighted by atomic mass is 10.1. The van der Waals surface area contributed by atoms with E-state index in [1.807, 2.05) is 6.07 Å². The molecule has 2 aliphatic rings. The first-order valence-corrected chi connectivity index (χ1v) is 12.3. The van der Waals surface area contributed by atoms with Gasteiger partial charge in [-0.3, -0.25) is 14.0 Å². The number of nitrogens with one attached hydrogen (secondary N) is 1. The molecule has 1 N–H and O–H groups in total. The molecule has 1 aromatic carbocycles. The van der Waals surface area contributed by atoms with Crippen molar-refractivity contribution >= 4 is 33.0 Å². The highest BCUT2D eigenvalue weighted by Gasteiger charge is 2.28. The summed E-state index contributed by atoms with van der Waals surface area (Å²) in [6, 6.07) is 9.68. The number of amides is 1. The Balaban J connectivity index is 1.46. The molecule has 0 radical (unpaired) electrons. The highest BCUT2D eigenvalue weighted by atomic mass is 32.2. The van der Waals surface area contributed by atoms with Gasteiger partial charge in [0.1, 0.15) is 0 Å². The minimum atomic E-state index is -3.28. The molecule has 2 aromatic rings. The predicted octanol–water partition coefficient (Wildman–Crippen LogP) is 2.64. The maximum Gasteiger partial charge on any atom is 0.251 e. The molecule has 4 rings (SSSR count). The number of benzene rings is 1. The number of carbonyl (C=O) groups excluding carboxylic acids is 1. The topological polar surface area (TPSA) is 69.7 Å². The van der Waals surface area contributed by atoms with Gasteiger partial charge in [-0.1, -0.05) is 6.07 Å². The minimum Gasteiger partial charge on any atom is -0.350 e. The van der Waals surface area contributed by atoms with Crippen LogP contribution >= 0.6 is 11.3 Å². The second kappa shape index (κ2) is 7.85. The zero-order valence-electron chi connectivity index (χ0n) is 15.9. The molecule has 1 amide bonds. The molecule has 28 heavy (non-hydrogen) atoms. The molecule has 0 saturated carbocycles. The molecular weight excluding hydrogens is 394 g/mol. The van der Waals surface area contributed by atoms with E-state index < -0.39 is 10.0 Å². The number of sulfonamides is 1. The van der Waals surface area contributed by atoms with Crippen LogP contribution in [0.5, 0.6) is 0 Å². The van der Waals surface area contributed by atoms with E-state index in [1.54, 1.807) is 23.5 Å². The number of hydrogen-bond acceptors (Lipinski definition) is 5. The van der Waals surface area contributed by atoms with E-state index in [9.17, 15) is 13.2 Å². The molecule has 1 unspecified atom stereocenters. The van der Waals surface area contributed by atoms with Crippen molar-refractivity contribution in [2.24, 2.45) is 0 Å². The van der Waals surface area contributed by atoms with Crippen LogP contribution in [0.2, 0.25) is 0 Å². The molecule has 1 fully saturated rings. The van der Waals surface area contributed by atoms with Crippen molar-refractivity contribution in [3.05, 3.63) is 51.7 Å². The quantitative estimate of drug-likeness (QED) is 0.782. The fourth-order valence-corrected chi connectivity index (χ4v) is 5.91. The van der Waals surface area contributed by atoms with Gasteiger partial charge in [0.05, 0.1) is 18.0 Å². The summed E-state index contributed by atoms with van der Waals surface area (Å²) in [6.07, 6.45) is 4.26. The highest BCUT2D eigenvalue weighted by molar-refractivity contribution is 7.92. The van der Waals surface area contributed by atoms with Crippen LogP contribution in [0, 0.1) is 0 Å². The monoisotopic (exact) mass is 419 g/mol. The largest absolute Gasteiger partial charge is 0.350 e. The van der Waals surface area contributed by atoms with Gasteiger partial charge in [-0.05, 0) is 67.6 Å².